The van der Waals surface area contributed by atoms with Crippen LogP contribution in [0.5, 0.6) is 0 Å². The van der Waals surface area contributed by atoms with E-state index in [1.807, 2.05) is 43.3 Å². The molecule has 0 aliphatic rings. The second kappa shape index (κ2) is 13.4. The van der Waals surface area contributed by atoms with Gasteiger partial charge in [0.15, 0.2) is 5.96 Å². The third kappa shape index (κ3) is 9.66. The minimum atomic E-state index is -0.0496. The van der Waals surface area contributed by atoms with E-state index in [0.717, 1.165) is 37.5 Å². The zero-order valence-electron chi connectivity index (χ0n) is 19.4. The Labute approximate surface area is 187 Å². The van der Waals surface area contributed by atoms with Crippen molar-refractivity contribution in [3.63, 3.8) is 0 Å². The van der Waals surface area contributed by atoms with Crippen molar-refractivity contribution in [3.05, 3.63) is 70.8 Å². The second-order valence-electron chi connectivity index (χ2n) is 8.04. The van der Waals surface area contributed by atoms with Crippen LogP contribution in [0, 0.1) is 6.92 Å². The molecule has 1 amide bonds. The number of carbonyl (C=O) groups excluding carboxylic acids is 1. The Bertz CT molecular complexity index is 830. The van der Waals surface area contributed by atoms with Crippen molar-refractivity contribution in [3.8, 4) is 0 Å². The van der Waals surface area contributed by atoms with Gasteiger partial charge in [-0.15, -0.1) is 0 Å². The molecule has 0 saturated carbocycles. The molecule has 31 heavy (non-hydrogen) atoms. The number of guanidine groups is 1. The van der Waals surface area contributed by atoms with Crippen LogP contribution in [-0.2, 0) is 13.1 Å². The predicted octanol–water partition coefficient (Wildman–Crippen LogP) is 3.32. The highest BCUT2D eigenvalue weighted by Gasteiger charge is 2.06. The Morgan fingerprint density at radius 2 is 1.74 bits per heavy atom. The van der Waals surface area contributed by atoms with Crippen molar-refractivity contribution < 1.29 is 4.79 Å². The van der Waals surface area contributed by atoms with Crippen LogP contribution in [0.3, 0.4) is 0 Å². The second-order valence-corrected chi connectivity index (χ2v) is 8.04. The molecule has 0 heterocycles. The molecule has 0 bridgehead atoms. The normalized spacial score (nSPS) is 11.5. The number of hydrogen-bond donors (Lipinski definition) is 3. The van der Waals surface area contributed by atoms with Gasteiger partial charge < -0.3 is 20.9 Å². The fourth-order valence-corrected chi connectivity index (χ4v) is 2.93. The van der Waals surface area contributed by atoms with Gasteiger partial charge in [0.25, 0.3) is 5.91 Å². The van der Waals surface area contributed by atoms with Crippen molar-refractivity contribution in [1.29, 1.82) is 0 Å². The molecule has 0 unspecified atom stereocenters. The number of unbranched alkanes of at least 4 members (excludes halogenated alkanes) is 1. The minimum absolute atomic E-state index is 0.0496. The standard InChI is InChI=1S/C25H37N5O/c1-5-6-14-27-25(28-18-21-12-10-20(2)11-13-21)29-19-22-8-7-9-23(17-22)24(31)26-15-16-30(3)4/h7-13,17H,5-6,14-16,18-19H2,1-4H3,(H,26,31)(H2,27,28,29). The average Bonchev–Trinajstić information content (AvgIpc) is 2.76. The van der Waals surface area contributed by atoms with Gasteiger partial charge in [-0.25, -0.2) is 4.99 Å². The quantitative estimate of drug-likeness (QED) is 0.295. The van der Waals surface area contributed by atoms with Gasteiger partial charge in [0.2, 0.25) is 0 Å². The molecule has 0 spiro atoms. The van der Waals surface area contributed by atoms with Crippen LogP contribution in [0.15, 0.2) is 53.5 Å². The summed E-state index contributed by atoms with van der Waals surface area (Å²) in [6, 6.07) is 16.2. The van der Waals surface area contributed by atoms with Crippen LogP contribution in [0.1, 0.15) is 46.8 Å². The number of nitrogens with one attached hydrogen (secondary N) is 3. The molecule has 0 aromatic heterocycles. The van der Waals surface area contributed by atoms with Crippen LogP contribution in [0.25, 0.3) is 0 Å². The molecule has 0 fully saturated rings. The topological polar surface area (TPSA) is 68.8 Å². The molecule has 0 aliphatic carbocycles. The summed E-state index contributed by atoms with van der Waals surface area (Å²) in [7, 11) is 3.98. The number of carbonyl (C=O) groups is 1. The predicted molar refractivity (Wildman–Crippen MR) is 129 cm³/mol. The lowest BCUT2D eigenvalue weighted by Gasteiger charge is -2.13. The molecule has 2 rings (SSSR count). The number of hydrogen-bond acceptors (Lipinski definition) is 3. The Balaban J connectivity index is 1.98. The van der Waals surface area contributed by atoms with Gasteiger partial charge >= 0.3 is 0 Å². The molecule has 6 heteroatoms. The average molecular weight is 424 g/mol. The zero-order chi connectivity index (χ0) is 22.5. The van der Waals surface area contributed by atoms with E-state index in [2.05, 4.69) is 54.1 Å². The number of benzene rings is 2. The van der Waals surface area contributed by atoms with Gasteiger partial charge in [-0.3, -0.25) is 4.79 Å². The first-order valence-electron chi connectivity index (χ1n) is 11.1. The molecule has 0 aliphatic heterocycles. The Hall–Kier alpha value is -2.86. The highest BCUT2D eigenvalue weighted by Crippen LogP contribution is 2.07. The number of rotatable bonds is 11. The smallest absolute Gasteiger partial charge is 0.251 e. The Kier molecular flexibility index (Phi) is 10.6. The van der Waals surface area contributed by atoms with E-state index in [1.165, 1.54) is 11.1 Å². The Morgan fingerprint density at radius 1 is 0.968 bits per heavy atom. The van der Waals surface area contributed by atoms with Gasteiger partial charge in [-0.2, -0.15) is 0 Å². The maximum absolute atomic E-state index is 12.4. The SMILES string of the molecule is CCCCNC(=NCc1cccc(C(=O)NCCN(C)C)c1)NCc1ccc(C)cc1. The van der Waals surface area contributed by atoms with Crippen LogP contribution in [0.2, 0.25) is 0 Å². The number of nitrogens with zero attached hydrogens (tertiary/aromatic N) is 2. The molecule has 0 atom stereocenters. The van der Waals surface area contributed by atoms with E-state index >= 15 is 0 Å². The van der Waals surface area contributed by atoms with Crippen molar-refractivity contribution >= 4 is 11.9 Å². The summed E-state index contributed by atoms with van der Waals surface area (Å²) in [4.78, 5) is 19.2. The van der Waals surface area contributed by atoms with E-state index in [0.29, 0.717) is 25.2 Å². The Morgan fingerprint density at radius 3 is 2.45 bits per heavy atom. The number of aliphatic imine (C=N–C) groups is 1. The van der Waals surface area contributed by atoms with Crippen molar-refractivity contribution in [2.24, 2.45) is 4.99 Å². The van der Waals surface area contributed by atoms with Gasteiger partial charge in [-0.05, 0) is 50.7 Å². The summed E-state index contributed by atoms with van der Waals surface area (Å²) >= 11 is 0. The molecule has 168 valence electrons. The van der Waals surface area contributed by atoms with E-state index < -0.39 is 0 Å². The lowest BCUT2D eigenvalue weighted by molar-refractivity contribution is 0.0951. The maximum atomic E-state index is 12.4. The summed E-state index contributed by atoms with van der Waals surface area (Å²) in [5.41, 5.74) is 4.14. The summed E-state index contributed by atoms with van der Waals surface area (Å²) in [5, 5.41) is 9.78. The van der Waals surface area contributed by atoms with Crippen LogP contribution < -0.4 is 16.0 Å². The largest absolute Gasteiger partial charge is 0.356 e. The molecule has 0 saturated heterocycles. The van der Waals surface area contributed by atoms with Gasteiger partial charge in [0.1, 0.15) is 0 Å². The first kappa shape index (κ1) is 24.4. The van der Waals surface area contributed by atoms with Gasteiger partial charge in [0.05, 0.1) is 6.54 Å². The summed E-state index contributed by atoms with van der Waals surface area (Å²) in [5.74, 6) is 0.737. The fraction of sp³-hybridized carbons (Fsp3) is 0.440. The molecule has 2 aromatic rings. The fourth-order valence-electron chi connectivity index (χ4n) is 2.93. The van der Waals surface area contributed by atoms with E-state index in [-0.39, 0.29) is 5.91 Å². The monoisotopic (exact) mass is 423 g/mol. The molecule has 6 nitrogen and oxygen atoms in total. The van der Waals surface area contributed by atoms with Crippen LogP contribution >= 0.6 is 0 Å². The third-order valence-electron chi connectivity index (χ3n) is 4.86. The van der Waals surface area contributed by atoms with E-state index in [4.69, 9.17) is 4.99 Å². The van der Waals surface area contributed by atoms with Crippen molar-refractivity contribution in [2.75, 3.05) is 33.7 Å². The summed E-state index contributed by atoms with van der Waals surface area (Å²) < 4.78 is 0. The number of aryl methyl sites for hydroxylation is 1. The van der Waals surface area contributed by atoms with Gasteiger partial charge in [0, 0.05) is 31.7 Å². The van der Waals surface area contributed by atoms with Crippen LogP contribution in [-0.4, -0.2) is 50.5 Å². The summed E-state index contributed by atoms with van der Waals surface area (Å²) in [6.45, 7) is 7.81. The number of likely N-dealkylation sites (N-methyl/N-ethyl adjacent to an activating group) is 1. The molecule has 2 aromatic carbocycles. The van der Waals surface area contributed by atoms with Gasteiger partial charge in [-0.1, -0.05) is 55.3 Å². The zero-order valence-corrected chi connectivity index (χ0v) is 19.4. The van der Waals surface area contributed by atoms with Crippen molar-refractivity contribution in [1.82, 2.24) is 20.9 Å². The first-order chi connectivity index (χ1) is 15.0. The summed E-state index contributed by atoms with van der Waals surface area (Å²) in [6.07, 6.45) is 2.22. The highest BCUT2D eigenvalue weighted by atomic mass is 16.1. The van der Waals surface area contributed by atoms with E-state index in [1.54, 1.807) is 0 Å². The minimum Gasteiger partial charge on any atom is -0.356 e. The van der Waals surface area contributed by atoms with Crippen molar-refractivity contribution in [2.45, 2.75) is 39.8 Å². The van der Waals surface area contributed by atoms with E-state index in [9.17, 15) is 4.79 Å². The molecule has 0 radical (unpaired) electrons. The molecule has 3 N–H and O–H groups in total. The lowest BCUT2D eigenvalue weighted by atomic mass is 10.1. The first-order valence-corrected chi connectivity index (χ1v) is 11.1. The molecular formula is C25H37N5O. The number of amides is 1. The highest BCUT2D eigenvalue weighted by molar-refractivity contribution is 5.94. The molecular weight excluding hydrogens is 386 g/mol. The lowest BCUT2D eigenvalue weighted by Crippen LogP contribution is -2.37. The van der Waals surface area contributed by atoms with Crippen LogP contribution in [0.4, 0.5) is 0 Å². The maximum Gasteiger partial charge on any atom is 0.251 e. The third-order valence-corrected chi connectivity index (χ3v) is 4.86.